The highest BCUT2D eigenvalue weighted by atomic mass is 127. The summed E-state index contributed by atoms with van der Waals surface area (Å²) in [5, 5.41) is 0.555. The molecule has 0 aromatic heterocycles. The predicted molar refractivity (Wildman–Crippen MR) is 89.3 cm³/mol. The van der Waals surface area contributed by atoms with Gasteiger partial charge in [0.2, 0.25) is 0 Å². The normalized spacial score (nSPS) is 11.3. The fraction of sp³-hybridized carbons (Fsp3) is 0.0769. The third kappa shape index (κ3) is 3.43. The van der Waals surface area contributed by atoms with Crippen molar-refractivity contribution in [1.29, 1.82) is 0 Å². The highest BCUT2D eigenvalue weighted by Crippen LogP contribution is 2.25. The Kier molecular flexibility index (Phi) is 4.90. The second kappa shape index (κ2) is 6.30. The summed E-state index contributed by atoms with van der Waals surface area (Å²) < 4.78 is 28.1. The third-order valence-electron chi connectivity index (χ3n) is 2.66. The summed E-state index contributed by atoms with van der Waals surface area (Å²) in [6.07, 6.45) is 0. The fourth-order valence-corrected chi connectivity index (χ4v) is 4.23. The van der Waals surface area contributed by atoms with E-state index in [-0.39, 0.29) is 11.4 Å². The van der Waals surface area contributed by atoms with E-state index in [0.29, 0.717) is 16.3 Å². The molecule has 0 saturated carbocycles. The maximum atomic E-state index is 12.4. The van der Waals surface area contributed by atoms with E-state index in [4.69, 9.17) is 17.3 Å². The van der Waals surface area contributed by atoms with E-state index in [9.17, 15) is 8.42 Å². The summed E-state index contributed by atoms with van der Waals surface area (Å²) in [4.78, 5) is 0.188. The molecule has 0 saturated heterocycles. The number of halogens is 2. The molecule has 0 aliphatic heterocycles. The molecule has 20 heavy (non-hydrogen) atoms. The molecular weight excluding hydrogens is 411 g/mol. The maximum absolute atomic E-state index is 12.4. The number of nitrogens with two attached hydrogens (primary N) is 1. The van der Waals surface area contributed by atoms with Crippen molar-refractivity contribution < 1.29 is 8.42 Å². The molecule has 2 rings (SSSR count). The van der Waals surface area contributed by atoms with Crippen molar-refractivity contribution in [2.75, 3.05) is 4.72 Å². The number of anilines is 1. The van der Waals surface area contributed by atoms with Crippen LogP contribution < -0.4 is 10.5 Å². The zero-order chi connectivity index (χ0) is 14.8. The third-order valence-corrected chi connectivity index (χ3v) is 5.25. The largest absolute Gasteiger partial charge is 0.326 e. The summed E-state index contributed by atoms with van der Waals surface area (Å²) >= 11 is 7.88. The zero-order valence-corrected chi connectivity index (χ0v) is 14.0. The molecule has 7 heteroatoms. The van der Waals surface area contributed by atoms with Crippen molar-refractivity contribution in [3.8, 4) is 0 Å². The minimum Gasteiger partial charge on any atom is -0.326 e. The fourth-order valence-electron chi connectivity index (χ4n) is 1.71. The number of sulfonamides is 1. The summed E-state index contributed by atoms with van der Waals surface area (Å²) in [7, 11) is -3.67. The Labute approximate surface area is 136 Å². The molecule has 0 aliphatic rings. The van der Waals surface area contributed by atoms with E-state index in [1.54, 1.807) is 36.4 Å². The Morgan fingerprint density at radius 2 is 1.90 bits per heavy atom. The van der Waals surface area contributed by atoms with Gasteiger partial charge in [0.05, 0.1) is 10.6 Å². The second-order valence-electron chi connectivity index (χ2n) is 4.04. The van der Waals surface area contributed by atoms with Crippen LogP contribution in [0.1, 0.15) is 5.56 Å². The van der Waals surface area contributed by atoms with Crippen LogP contribution in [0.5, 0.6) is 0 Å². The predicted octanol–water partition coefficient (Wildman–Crippen LogP) is 3.20. The van der Waals surface area contributed by atoms with Crippen LogP contribution in [0.4, 0.5) is 5.69 Å². The minimum absolute atomic E-state index is 0.162. The molecule has 4 nitrogen and oxygen atoms in total. The zero-order valence-electron chi connectivity index (χ0n) is 10.3. The van der Waals surface area contributed by atoms with Crippen molar-refractivity contribution in [1.82, 2.24) is 0 Å². The minimum atomic E-state index is -3.67. The summed E-state index contributed by atoms with van der Waals surface area (Å²) in [6.45, 7) is 0.162. The van der Waals surface area contributed by atoms with E-state index >= 15 is 0 Å². The number of benzene rings is 2. The van der Waals surface area contributed by atoms with Gasteiger partial charge < -0.3 is 5.73 Å². The monoisotopic (exact) mass is 422 g/mol. The Hall–Kier alpha value is -0.830. The van der Waals surface area contributed by atoms with Crippen molar-refractivity contribution in [3.05, 3.63) is 56.6 Å². The van der Waals surface area contributed by atoms with Gasteiger partial charge in [0.1, 0.15) is 0 Å². The van der Waals surface area contributed by atoms with Gasteiger partial charge in [0, 0.05) is 15.1 Å². The standard InChI is InChI=1S/C13H12ClIN2O2S/c14-10-5-6-12(11(15)7-10)17-20(18,19)13-4-2-1-3-9(13)8-16/h1-7,17H,8,16H2. The lowest BCUT2D eigenvalue weighted by atomic mass is 10.2. The van der Waals surface area contributed by atoms with Crippen molar-refractivity contribution in [3.63, 3.8) is 0 Å². The first-order chi connectivity index (χ1) is 9.44. The van der Waals surface area contributed by atoms with Gasteiger partial charge in [-0.25, -0.2) is 8.42 Å². The average molecular weight is 423 g/mol. The number of hydrogen-bond acceptors (Lipinski definition) is 3. The molecule has 0 bridgehead atoms. The Morgan fingerprint density at radius 1 is 1.20 bits per heavy atom. The van der Waals surface area contributed by atoms with Gasteiger partial charge in [0.25, 0.3) is 10.0 Å². The van der Waals surface area contributed by atoms with Crippen LogP contribution in [0.3, 0.4) is 0 Å². The molecule has 0 spiro atoms. The first-order valence-electron chi connectivity index (χ1n) is 5.70. The first kappa shape index (κ1) is 15.6. The van der Waals surface area contributed by atoms with E-state index in [1.165, 1.54) is 6.07 Å². The Balaban J connectivity index is 2.41. The Bertz CT molecular complexity index is 735. The van der Waals surface area contributed by atoms with E-state index < -0.39 is 10.0 Å². The second-order valence-corrected chi connectivity index (χ2v) is 7.29. The van der Waals surface area contributed by atoms with Gasteiger partial charge in [0.15, 0.2) is 0 Å². The van der Waals surface area contributed by atoms with Crippen molar-refractivity contribution >= 4 is 49.9 Å². The molecule has 0 amide bonds. The molecule has 0 aliphatic carbocycles. The van der Waals surface area contributed by atoms with Crippen LogP contribution in [0, 0.1) is 3.57 Å². The lowest BCUT2D eigenvalue weighted by Gasteiger charge is -2.12. The highest BCUT2D eigenvalue weighted by Gasteiger charge is 2.18. The van der Waals surface area contributed by atoms with Crippen LogP contribution in [0.15, 0.2) is 47.4 Å². The molecule has 106 valence electrons. The lowest BCUT2D eigenvalue weighted by Crippen LogP contribution is -2.16. The highest BCUT2D eigenvalue weighted by molar-refractivity contribution is 14.1. The maximum Gasteiger partial charge on any atom is 0.262 e. The van der Waals surface area contributed by atoms with Crippen LogP contribution in [-0.2, 0) is 16.6 Å². The average Bonchev–Trinajstić information content (AvgIpc) is 2.42. The number of rotatable bonds is 4. The summed E-state index contributed by atoms with van der Waals surface area (Å²) in [6, 6.07) is 11.6. The van der Waals surface area contributed by atoms with Crippen molar-refractivity contribution in [2.24, 2.45) is 5.73 Å². The smallest absolute Gasteiger partial charge is 0.262 e. The molecule has 0 radical (unpaired) electrons. The number of hydrogen-bond donors (Lipinski definition) is 2. The molecule has 3 N–H and O–H groups in total. The quantitative estimate of drug-likeness (QED) is 0.743. The van der Waals surface area contributed by atoms with Crippen molar-refractivity contribution in [2.45, 2.75) is 11.4 Å². The van der Waals surface area contributed by atoms with E-state index in [0.717, 1.165) is 3.57 Å². The van der Waals surface area contributed by atoms with E-state index in [1.807, 2.05) is 22.6 Å². The molecule has 0 unspecified atom stereocenters. The van der Waals surface area contributed by atoms with Gasteiger partial charge >= 0.3 is 0 Å². The Morgan fingerprint density at radius 3 is 2.55 bits per heavy atom. The van der Waals surface area contributed by atoms with Crippen LogP contribution >= 0.6 is 34.2 Å². The van der Waals surface area contributed by atoms with Gasteiger partial charge in [-0.2, -0.15) is 0 Å². The number of nitrogens with one attached hydrogen (secondary N) is 1. The molecular formula is C13H12ClIN2O2S. The topological polar surface area (TPSA) is 72.2 Å². The van der Waals surface area contributed by atoms with Crippen LogP contribution in [0.25, 0.3) is 0 Å². The van der Waals surface area contributed by atoms with E-state index in [2.05, 4.69) is 4.72 Å². The summed E-state index contributed by atoms with van der Waals surface area (Å²) in [5.74, 6) is 0. The molecule has 0 atom stereocenters. The molecule has 2 aromatic rings. The van der Waals surface area contributed by atoms with Gasteiger partial charge in [-0.3, -0.25) is 4.72 Å². The van der Waals surface area contributed by atoms with Crippen LogP contribution in [-0.4, -0.2) is 8.42 Å². The summed E-state index contributed by atoms with van der Waals surface area (Å²) in [5.41, 5.74) is 6.64. The van der Waals surface area contributed by atoms with Crippen LogP contribution in [0.2, 0.25) is 5.02 Å². The molecule has 0 heterocycles. The first-order valence-corrected chi connectivity index (χ1v) is 8.64. The van der Waals surface area contributed by atoms with Gasteiger partial charge in [-0.05, 0) is 52.4 Å². The molecule has 2 aromatic carbocycles. The SMILES string of the molecule is NCc1ccccc1S(=O)(=O)Nc1ccc(Cl)cc1I. The molecule has 0 fully saturated rings. The van der Waals surface area contributed by atoms with Gasteiger partial charge in [-0.1, -0.05) is 29.8 Å². The van der Waals surface area contributed by atoms with Gasteiger partial charge in [-0.15, -0.1) is 0 Å². The lowest BCUT2D eigenvalue weighted by molar-refractivity contribution is 0.600.